The van der Waals surface area contributed by atoms with Gasteiger partial charge in [-0.2, -0.15) is 0 Å². The Bertz CT molecular complexity index is 964. The van der Waals surface area contributed by atoms with E-state index in [1.54, 1.807) is 30.5 Å². The van der Waals surface area contributed by atoms with E-state index in [4.69, 9.17) is 4.74 Å². The Balaban J connectivity index is 1.87. The number of aromatic amines is 1. The van der Waals surface area contributed by atoms with Gasteiger partial charge in [-0.15, -0.1) is 0 Å². The van der Waals surface area contributed by atoms with Gasteiger partial charge in [0.25, 0.3) is 5.91 Å². The molecule has 3 N–H and O–H groups in total. The summed E-state index contributed by atoms with van der Waals surface area (Å²) in [6.07, 6.45) is 3.04. The number of rotatable bonds is 5. The number of carbonyl (C=O) groups excluding carboxylic acids is 2. The van der Waals surface area contributed by atoms with Crippen LogP contribution in [0, 0.1) is 0 Å². The second kappa shape index (κ2) is 7.22. The Kier molecular flexibility index (Phi) is 4.83. The summed E-state index contributed by atoms with van der Waals surface area (Å²) in [6.45, 7) is 5.20. The lowest BCUT2D eigenvalue weighted by Gasteiger charge is -2.08. The topological polar surface area (TPSA) is 109 Å². The van der Waals surface area contributed by atoms with Crippen molar-refractivity contribution in [1.29, 1.82) is 0 Å². The number of fused-ring (bicyclic) bond motifs is 1. The van der Waals surface area contributed by atoms with Crippen molar-refractivity contribution in [2.24, 2.45) is 0 Å². The van der Waals surface area contributed by atoms with Crippen LogP contribution in [0.2, 0.25) is 0 Å². The van der Waals surface area contributed by atoms with Gasteiger partial charge in [0, 0.05) is 30.9 Å². The molecule has 1 aromatic carbocycles. The number of hydrogen-bond acceptors (Lipinski definition) is 5. The van der Waals surface area contributed by atoms with Crippen LogP contribution in [0.1, 0.15) is 31.1 Å². The first kappa shape index (κ1) is 17.4. The zero-order valence-corrected chi connectivity index (χ0v) is 14.7. The van der Waals surface area contributed by atoms with Crippen LogP contribution in [-0.4, -0.2) is 32.8 Å². The van der Waals surface area contributed by atoms with Gasteiger partial charge in [0.1, 0.15) is 11.3 Å². The van der Waals surface area contributed by atoms with Crippen LogP contribution < -0.4 is 15.4 Å². The van der Waals surface area contributed by atoms with Gasteiger partial charge in [0.05, 0.1) is 11.8 Å². The Morgan fingerprint density at radius 3 is 2.81 bits per heavy atom. The number of ether oxygens (including phenoxy) is 1. The van der Waals surface area contributed by atoms with E-state index in [0.29, 0.717) is 28.2 Å². The van der Waals surface area contributed by atoms with E-state index in [2.05, 4.69) is 25.6 Å². The van der Waals surface area contributed by atoms with Crippen LogP contribution in [0.5, 0.6) is 11.6 Å². The number of amides is 2. The predicted octanol–water partition coefficient (Wildman–Crippen LogP) is 2.85. The van der Waals surface area contributed by atoms with Crippen molar-refractivity contribution in [3.8, 4) is 11.6 Å². The molecule has 2 heterocycles. The van der Waals surface area contributed by atoms with E-state index in [0.717, 1.165) is 0 Å². The van der Waals surface area contributed by atoms with Gasteiger partial charge < -0.3 is 20.4 Å². The molecule has 0 unspecified atom stereocenters. The molecule has 2 aromatic heterocycles. The first-order valence-electron chi connectivity index (χ1n) is 8.13. The Morgan fingerprint density at radius 2 is 2.08 bits per heavy atom. The molecule has 3 aromatic rings. The van der Waals surface area contributed by atoms with Crippen molar-refractivity contribution in [3.05, 3.63) is 42.2 Å². The number of anilines is 1. The molecule has 0 fully saturated rings. The minimum atomic E-state index is -0.231. The molecule has 0 bridgehead atoms. The van der Waals surface area contributed by atoms with Crippen molar-refractivity contribution >= 4 is 28.7 Å². The number of H-pyrrole nitrogens is 1. The molecule has 0 saturated carbocycles. The second-order valence-electron chi connectivity index (χ2n) is 6.05. The highest BCUT2D eigenvalue weighted by Crippen LogP contribution is 2.24. The van der Waals surface area contributed by atoms with Gasteiger partial charge in [0.2, 0.25) is 11.8 Å². The van der Waals surface area contributed by atoms with Crippen LogP contribution in [0.15, 0.2) is 36.7 Å². The maximum atomic E-state index is 12.3. The summed E-state index contributed by atoms with van der Waals surface area (Å²) >= 11 is 0. The molecule has 0 atom stereocenters. The van der Waals surface area contributed by atoms with Gasteiger partial charge in [-0.25, -0.2) is 9.97 Å². The monoisotopic (exact) mass is 353 g/mol. The predicted molar refractivity (Wildman–Crippen MR) is 97.3 cm³/mol. The van der Waals surface area contributed by atoms with Crippen LogP contribution in [0.4, 0.5) is 5.69 Å². The molecule has 8 nitrogen and oxygen atoms in total. The number of carbonyl (C=O) groups is 2. The fourth-order valence-corrected chi connectivity index (χ4v) is 2.40. The number of benzene rings is 1. The molecular formula is C18H19N5O3. The van der Waals surface area contributed by atoms with Crippen molar-refractivity contribution in [3.63, 3.8) is 0 Å². The molecule has 26 heavy (non-hydrogen) atoms. The fraction of sp³-hybridized carbons (Fsp3) is 0.222. The summed E-state index contributed by atoms with van der Waals surface area (Å²) in [5, 5.41) is 5.51. The summed E-state index contributed by atoms with van der Waals surface area (Å²) < 4.78 is 5.72. The summed E-state index contributed by atoms with van der Waals surface area (Å²) in [6, 6.07) is 6.93. The molecule has 0 spiro atoms. The molecule has 0 aliphatic carbocycles. The zero-order valence-electron chi connectivity index (χ0n) is 14.7. The van der Waals surface area contributed by atoms with E-state index in [-0.39, 0.29) is 23.7 Å². The van der Waals surface area contributed by atoms with Crippen molar-refractivity contribution in [1.82, 2.24) is 20.3 Å². The van der Waals surface area contributed by atoms with Crippen LogP contribution >= 0.6 is 0 Å². The minimum absolute atomic E-state index is 0.0105. The molecule has 0 radical (unpaired) electrons. The Hall–Kier alpha value is -3.42. The SMILES string of the molecule is CC(=O)Nc1cccc(Oc2cnc3[nH]cc(C(=O)NC(C)C)c3n2)c1. The summed E-state index contributed by atoms with van der Waals surface area (Å²) in [5.74, 6) is 0.339. The second-order valence-corrected chi connectivity index (χ2v) is 6.05. The van der Waals surface area contributed by atoms with Gasteiger partial charge in [0.15, 0.2) is 5.65 Å². The minimum Gasteiger partial charge on any atom is -0.437 e. The maximum absolute atomic E-state index is 12.3. The molecular weight excluding hydrogens is 334 g/mol. The molecule has 3 rings (SSSR count). The first-order chi connectivity index (χ1) is 12.4. The third-order valence-corrected chi connectivity index (χ3v) is 3.40. The van der Waals surface area contributed by atoms with E-state index in [9.17, 15) is 9.59 Å². The van der Waals surface area contributed by atoms with E-state index in [1.807, 2.05) is 13.8 Å². The van der Waals surface area contributed by atoms with Crippen molar-refractivity contribution in [2.45, 2.75) is 26.8 Å². The first-order valence-corrected chi connectivity index (χ1v) is 8.13. The molecule has 0 saturated heterocycles. The Morgan fingerprint density at radius 1 is 1.27 bits per heavy atom. The van der Waals surface area contributed by atoms with E-state index >= 15 is 0 Å². The quantitative estimate of drug-likeness (QED) is 0.653. The number of aromatic nitrogens is 3. The number of nitrogens with one attached hydrogen (secondary N) is 3. The molecule has 0 aliphatic rings. The average Bonchev–Trinajstić information content (AvgIpc) is 2.97. The van der Waals surface area contributed by atoms with Gasteiger partial charge in [-0.05, 0) is 26.0 Å². The highest BCUT2D eigenvalue weighted by atomic mass is 16.5. The number of hydrogen-bond donors (Lipinski definition) is 3. The number of nitrogens with zero attached hydrogens (tertiary/aromatic N) is 2. The largest absolute Gasteiger partial charge is 0.437 e. The summed E-state index contributed by atoms with van der Waals surface area (Å²) in [4.78, 5) is 35.0. The van der Waals surface area contributed by atoms with E-state index < -0.39 is 0 Å². The molecule has 8 heteroatoms. The lowest BCUT2D eigenvalue weighted by Crippen LogP contribution is -2.29. The standard InChI is InChI=1S/C18H19N5O3/c1-10(2)21-18(25)14-8-19-17-16(14)23-15(9-20-17)26-13-6-4-5-12(7-13)22-11(3)24/h4-10H,1-3H3,(H,19,20)(H,21,25)(H,22,24). The molecule has 0 aliphatic heterocycles. The highest BCUT2D eigenvalue weighted by molar-refractivity contribution is 6.04. The highest BCUT2D eigenvalue weighted by Gasteiger charge is 2.16. The van der Waals surface area contributed by atoms with Crippen LogP contribution in [-0.2, 0) is 4.79 Å². The third-order valence-electron chi connectivity index (χ3n) is 3.40. The van der Waals surface area contributed by atoms with E-state index in [1.165, 1.54) is 13.1 Å². The van der Waals surface area contributed by atoms with Crippen molar-refractivity contribution in [2.75, 3.05) is 5.32 Å². The van der Waals surface area contributed by atoms with Crippen molar-refractivity contribution < 1.29 is 14.3 Å². The smallest absolute Gasteiger partial charge is 0.255 e. The molecule has 2 amide bonds. The van der Waals surface area contributed by atoms with Gasteiger partial charge >= 0.3 is 0 Å². The normalized spacial score (nSPS) is 10.8. The van der Waals surface area contributed by atoms with Crippen LogP contribution in [0.25, 0.3) is 11.2 Å². The third kappa shape index (κ3) is 3.97. The fourth-order valence-electron chi connectivity index (χ4n) is 2.40. The maximum Gasteiger partial charge on any atom is 0.255 e. The molecule has 134 valence electrons. The lowest BCUT2D eigenvalue weighted by atomic mass is 10.2. The lowest BCUT2D eigenvalue weighted by molar-refractivity contribution is -0.114. The zero-order chi connectivity index (χ0) is 18.7. The average molecular weight is 353 g/mol. The Labute approximate surface area is 150 Å². The van der Waals surface area contributed by atoms with Crippen LogP contribution in [0.3, 0.4) is 0 Å². The summed E-state index contributed by atoms with van der Waals surface area (Å²) in [7, 11) is 0. The van der Waals surface area contributed by atoms with Gasteiger partial charge in [-0.1, -0.05) is 6.07 Å². The summed E-state index contributed by atoms with van der Waals surface area (Å²) in [5.41, 5.74) is 1.94. The van der Waals surface area contributed by atoms with Gasteiger partial charge in [-0.3, -0.25) is 9.59 Å².